The lowest BCUT2D eigenvalue weighted by Crippen LogP contribution is -2.42. The standard InChI is InChI=1S/C17H17ClF2N4O/c18-10-1-4-14(13(7-10)15(19)20)24-12-3-2-11(22-9-12)8-23-16(25)17(21)5-6-17/h1-4,7,9,15,24H,5-6,8,21H2,(H,23,25). The summed E-state index contributed by atoms with van der Waals surface area (Å²) in [4.78, 5) is 16.0. The lowest BCUT2D eigenvalue weighted by Gasteiger charge is -2.13. The molecular formula is C17H17ClF2N4O. The van der Waals surface area contributed by atoms with Gasteiger partial charge in [-0.3, -0.25) is 9.78 Å². The highest BCUT2D eigenvalue weighted by Crippen LogP contribution is 2.32. The molecule has 1 aliphatic rings. The average Bonchev–Trinajstić information content (AvgIpc) is 3.34. The molecule has 0 atom stereocenters. The number of carbonyl (C=O) groups excluding carboxylic acids is 1. The van der Waals surface area contributed by atoms with E-state index in [2.05, 4.69) is 15.6 Å². The molecule has 1 aromatic heterocycles. The number of benzene rings is 1. The van der Waals surface area contributed by atoms with Crippen LogP contribution in [0.15, 0.2) is 36.5 Å². The molecule has 25 heavy (non-hydrogen) atoms. The first kappa shape index (κ1) is 17.6. The Morgan fingerprint density at radius 2 is 2.08 bits per heavy atom. The second-order valence-electron chi connectivity index (χ2n) is 6.03. The summed E-state index contributed by atoms with van der Waals surface area (Å²) >= 11 is 5.76. The number of halogens is 3. The summed E-state index contributed by atoms with van der Waals surface area (Å²) in [6.45, 7) is 0.265. The van der Waals surface area contributed by atoms with Crippen molar-refractivity contribution in [3.63, 3.8) is 0 Å². The molecule has 1 amide bonds. The number of carbonyl (C=O) groups is 1. The second-order valence-corrected chi connectivity index (χ2v) is 6.47. The van der Waals surface area contributed by atoms with Crippen LogP contribution in [0, 0.1) is 0 Å². The van der Waals surface area contributed by atoms with Crippen LogP contribution in [0.2, 0.25) is 5.02 Å². The topological polar surface area (TPSA) is 80.0 Å². The van der Waals surface area contributed by atoms with E-state index in [0.717, 1.165) is 0 Å². The van der Waals surface area contributed by atoms with E-state index in [1.165, 1.54) is 24.4 Å². The van der Waals surface area contributed by atoms with Crippen molar-refractivity contribution in [3.8, 4) is 0 Å². The minimum Gasteiger partial charge on any atom is -0.354 e. The zero-order valence-corrected chi connectivity index (χ0v) is 14.0. The van der Waals surface area contributed by atoms with Crippen molar-refractivity contribution < 1.29 is 13.6 Å². The fourth-order valence-corrected chi connectivity index (χ4v) is 2.48. The smallest absolute Gasteiger partial charge is 0.265 e. The SMILES string of the molecule is NC1(C(=O)NCc2ccc(Nc3ccc(Cl)cc3C(F)F)cn2)CC1. The highest BCUT2D eigenvalue weighted by molar-refractivity contribution is 6.30. The lowest BCUT2D eigenvalue weighted by atomic mass is 10.1. The van der Waals surface area contributed by atoms with Crippen molar-refractivity contribution in [2.45, 2.75) is 31.4 Å². The minimum absolute atomic E-state index is 0.179. The van der Waals surface area contributed by atoms with Gasteiger partial charge in [0.15, 0.2) is 0 Å². The van der Waals surface area contributed by atoms with E-state index in [0.29, 0.717) is 24.2 Å². The van der Waals surface area contributed by atoms with Gasteiger partial charge in [-0.25, -0.2) is 8.78 Å². The van der Waals surface area contributed by atoms with Gasteiger partial charge in [-0.1, -0.05) is 11.6 Å². The fourth-order valence-electron chi connectivity index (χ4n) is 2.30. The van der Waals surface area contributed by atoms with Crippen LogP contribution in [0.25, 0.3) is 0 Å². The van der Waals surface area contributed by atoms with Crippen LogP contribution in [-0.2, 0) is 11.3 Å². The summed E-state index contributed by atoms with van der Waals surface area (Å²) in [6, 6.07) is 7.67. The third kappa shape index (κ3) is 4.24. The Balaban J connectivity index is 1.64. The molecule has 0 spiro atoms. The monoisotopic (exact) mass is 366 g/mol. The van der Waals surface area contributed by atoms with Crippen LogP contribution >= 0.6 is 11.6 Å². The van der Waals surface area contributed by atoms with Crippen LogP contribution in [0.4, 0.5) is 20.2 Å². The second kappa shape index (κ2) is 6.93. The molecule has 2 aromatic rings. The van der Waals surface area contributed by atoms with Crippen molar-refractivity contribution in [1.82, 2.24) is 10.3 Å². The zero-order valence-electron chi connectivity index (χ0n) is 13.2. The van der Waals surface area contributed by atoms with Crippen molar-refractivity contribution >= 4 is 28.9 Å². The van der Waals surface area contributed by atoms with Gasteiger partial charge in [0.25, 0.3) is 6.43 Å². The summed E-state index contributed by atoms with van der Waals surface area (Å²) in [5.41, 5.74) is 6.36. The number of amides is 1. The maximum atomic E-state index is 13.1. The van der Waals surface area contributed by atoms with Gasteiger partial charge >= 0.3 is 0 Å². The van der Waals surface area contributed by atoms with Crippen LogP contribution < -0.4 is 16.4 Å². The number of nitrogens with one attached hydrogen (secondary N) is 2. The number of pyridine rings is 1. The molecule has 4 N–H and O–H groups in total. The highest BCUT2D eigenvalue weighted by Gasteiger charge is 2.45. The molecule has 0 unspecified atom stereocenters. The van der Waals surface area contributed by atoms with Gasteiger partial charge in [0.1, 0.15) is 0 Å². The maximum Gasteiger partial charge on any atom is 0.265 e. The minimum atomic E-state index is -2.64. The van der Waals surface area contributed by atoms with Crippen LogP contribution in [0.1, 0.15) is 30.5 Å². The van der Waals surface area contributed by atoms with E-state index in [9.17, 15) is 13.6 Å². The number of nitrogens with zero attached hydrogens (tertiary/aromatic N) is 1. The van der Waals surface area contributed by atoms with Gasteiger partial charge in [-0.05, 0) is 43.2 Å². The Morgan fingerprint density at radius 1 is 1.32 bits per heavy atom. The van der Waals surface area contributed by atoms with Gasteiger partial charge in [0, 0.05) is 16.3 Å². The molecule has 8 heteroatoms. The molecule has 1 aromatic carbocycles. The summed E-state index contributed by atoms with van der Waals surface area (Å²) in [7, 11) is 0. The maximum absolute atomic E-state index is 13.1. The molecule has 0 bridgehead atoms. The largest absolute Gasteiger partial charge is 0.354 e. The molecular weight excluding hydrogens is 350 g/mol. The van der Waals surface area contributed by atoms with Gasteiger partial charge in [0.2, 0.25) is 5.91 Å². The van der Waals surface area contributed by atoms with E-state index in [4.69, 9.17) is 17.3 Å². The Bertz CT molecular complexity index is 779. The number of nitrogens with two attached hydrogens (primary N) is 1. The molecule has 0 radical (unpaired) electrons. The number of anilines is 2. The highest BCUT2D eigenvalue weighted by atomic mass is 35.5. The number of hydrogen-bond donors (Lipinski definition) is 3. The first-order valence-electron chi connectivity index (χ1n) is 7.74. The third-order valence-corrected chi connectivity index (χ3v) is 4.26. The van der Waals surface area contributed by atoms with E-state index >= 15 is 0 Å². The first-order chi connectivity index (χ1) is 11.9. The molecule has 1 fully saturated rings. The third-order valence-electron chi connectivity index (χ3n) is 4.02. The lowest BCUT2D eigenvalue weighted by molar-refractivity contribution is -0.123. The van der Waals surface area contributed by atoms with Gasteiger partial charge in [0.05, 0.1) is 29.7 Å². The van der Waals surface area contributed by atoms with Crippen LogP contribution in [0.3, 0.4) is 0 Å². The number of hydrogen-bond acceptors (Lipinski definition) is 4. The molecule has 3 rings (SSSR count). The molecule has 5 nitrogen and oxygen atoms in total. The van der Waals surface area contributed by atoms with Crippen molar-refractivity contribution in [2.75, 3.05) is 5.32 Å². The quantitative estimate of drug-likeness (QED) is 0.730. The van der Waals surface area contributed by atoms with Crippen molar-refractivity contribution in [1.29, 1.82) is 0 Å². The van der Waals surface area contributed by atoms with Gasteiger partial charge in [-0.2, -0.15) is 0 Å². The number of aromatic nitrogens is 1. The van der Waals surface area contributed by atoms with Crippen molar-refractivity contribution in [3.05, 3.63) is 52.8 Å². The van der Waals surface area contributed by atoms with Gasteiger partial charge in [-0.15, -0.1) is 0 Å². The molecule has 1 heterocycles. The summed E-state index contributed by atoms with van der Waals surface area (Å²) < 4.78 is 26.2. The summed E-state index contributed by atoms with van der Waals surface area (Å²) in [5, 5.41) is 5.89. The molecule has 0 saturated heterocycles. The predicted molar refractivity (Wildman–Crippen MR) is 91.9 cm³/mol. The molecule has 1 aliphatic carbocycles. The van der Waals surface area contributed by atoms with E-state index in [1.807, 2.05) is 0 Å². The average molecular weight is 367 g/mol. The Kier molecular flexibility index (Phi) is 4.87. The Hall–Kier alpha value is -2.25. The number of alkyl halides is 2. The first-order valence-corrected chi connectivity index (χ1v) is 8.12. The molecule has 0 aliphatic heterocycles. The molecule has 132 valence electrons. The van der Waals surface area contributed by atoms with Gasteiger partial charge < -0.3 is 16.4 Å². The summed E-state index contributed by atoms with van der Waals surface area (Å²) in [5.74, 6) is -0.181. The Labute approximate surface area is 148 Å². The summed E-state index contributed by atoms with van der Waals surface area (Å²) in [6.07, 6.45) is 0.265. The van der Waals surface area contributed by atoms with Crippen LogP contribution in [-0.4, -0.2) is 16.4 Å². The predicted octanol–water partition coefficient (Wildman–Crippen LogP) is 3.52. The normalized spacial score (nSPS) is 15.1. The van der Waals surface area contributed by atoms with E-state index in [1.54, 1.807) is 12.1 Å². The van der Waals surface area contributed by atoms with E-state index < -0.39 is 12.0 Å². The fraction of sp³-hybridized carbons (Fsp3) is 0.294. The number of rotatable bonds is 6. The molecule has 1 saturated carbocycles. The van der Waals surface area contributed by atoms with Crippen molar-refractivity contribution in [2.24, 2.45) is 5.73 Å². The van der Waals surface area contributed by atoms with Crippen LogP contribution in [0.5, 0.6) is 0 Å². The van der Waals surface area contributed by atoms with E-state index in [-0.39, 0.29) is 28.7 Å². The Morgan fingerprint density at radius 3 is 2.68 bits per heavy atom. The zero-order chi connectivity index (χ0) is 18.0.